The first-order chi connectivity index (χ1) is 9.79. The van der Waals surface area contributed by atoms with Crippen molar-refractivity contribution >= 4 is 5.91 Å². The van der Waals surface area contributed by atoms with Gasteiger partial charge in [-0.3, -0.25) is 4.79 Å². The van der Waals surface area contributed by atoms with Gasteiger partial charge >= 0.3 is 0 Å². The molecule has 0 bridgehead atoms. The average Bonchev–Trinajstić information content (AvgIpc) is 2.96. The van der Waals surface area contributed by atoms with Crippen molar-refractivity contribution in [1.82, 2.24) is 10.6 Å². The average molecular weight is 276 g/mol. The summed E-state index contributed by atoms with van der Waals surface area (Å²) >= 11 is 0. The third-order valence-electron chi connectivity index (χ3n) is 3.62. The molecule has 0 atom stereocenters. The summed E-state index contributed by atoms with van der Waals surface area (Å²) in [6.07, 6.45) is 4.64. The molecule has 2 rings (SSSR count). The molecule has 1 saturated carbocycles. The van der Waals surface area contributed by atoms with Crippen LogP contribution in [0.5, 0.6) is 5.75 Å². The summed E-state index contributed by atoms with van der Waals surface area (Å²) in [6.45, 7) is 3.84. The molecule has 1 amide bonds. The van der Waals surface area contributed by atoms with Crippen LogP contribution in [0.2, 0.25) is 0 Å². The lowest BCUT2D eigenvalue weighted by atomic mass is 10.2. The molecular formula is C16H24N2O2. The van der Waals surface area contributed by atoms with Gasteiger partial charge in [0.05, 0.1) is 0 Å². The van der Waals surface area contributed by atoms with Crippen LogP contribution in [0.4, 0.5) is 0 Å². The van der Waals surface area contributed by atoms with Crippen molar-refractivity contribution in [3.05, 3.63) is 29.8 Å². The van der Waals surface area contributed by atoms with Gasteiger partial charge in [-0.15, -0.1) is 0 Å². The van der Waals surface area contributed by atoms with Crippen molar-refractivity contribution in [2.24, 2.45) is 0 Å². The van der Waals surface area contributed by atoms with Gasteiger partial charge in [0.1, 0.15) is 5.75 Å². The zero-order valence-electron chi connectivity index (χ0n) is 12.2. The highest BCUT2D eigenvalue weighted by atomic mass is 16.5. The van der Waals surface area contributed by atoms with Gasteiger partial charge in [-0.2, -0.15) is 0 Å². The number of carbonyl (C=O) groups is 1. The third kappa shape index (κ3) is 4.53. The van der Waals surface area contributed by atoms with Crippen LogP contribution >= 0.6 is 0 Å². The molecule has 110 valence electrons. The van der Waals surface area contributed by atoms with Gasteiger partial charge in [0.2, 0.25) is 0 Å². The van der Waals surface area contributed by atoms with E-state index in [-0.39, 0.29) is 12.5 Å². The van der Waals surface area contributed by atoms with Crippen molar-refractivity contribution in [3.8, 4) is 5.75 Å². The number of hydrogen-bond donors (Lipinski definition) is 2. The maximum absolute atomic E-state index is 11.8. The fourth-order valence-corrected chi connectivity index (χ4v) is 2.53. The first-order valence-corrected chi connectivity index (χ1v) is 7.50. The lowest BCUT2D eigenvalue weighted by Gasteiger charge is -2.14. The van der Waals surface area contributed by atoms with E-state index in [0.29, 0.717) is 6.04 Å². The van der Waals surface area contributed by atoms with E-state index >= 15 is 0 Å². The van der Waals surface area contributed by atoms with E-state index in [1.807, 2.05) is 24.3 Å². The van der Waals surface area contributed by atoms with E-state index in [1.165, 1.54) is 12.8 Å². The van der Waals surface area contributed by atoms with E-state index in [2.05, 4.69) is 17.6 Å². The first kappa shape index (κ1) is 14.9. The first-order valence-electron chi connectivity index (χ1n) is 7.50. The summed E-state index contributed by atoms with van der Waals surface area (Å²) in [7, 11) is 0. The minimum atomic E-state index is -0.0184. The summed E-state index contributed by atoms with van der Waals surface area (Å²) in [5, 5.41) is 6.30. The van der Waals surface area contributed by atoms with Gasteiger partial charge < -0.3 is 15.4 Å². The molecule has 1 aromatic rings. The summed E-state index contributed by atoms with van der Waals surface area (Å²) in [4.78, 5) is 11.8. The maximum Gasteiger partial charge on any atom is 0.258 e. The van der Waals surface area contributed by atoms with Gasteiger partial charge in [-0.1, -0.05) is 38.0 Å². The van der Waals surface area contributed by atoms with Gasteiger partial charge in [0, 0.05) is 18.2 Å². The highest BCUT2D eigenvalue weighted by Crippen LogP contribution is 2.19. The van der Waals surface area contributed by atoms with Crippen LogP contribution in [0.25, 0.3) is 0 Å². The second-order valence-corrected chi connectivity index (χ2v) is 5.23. The van der Waals surface area contributed by atoms with Gasteiger partial charge in [-0.25, -0.2) is 0 Å². The number of benzene rings is 1. The number of para-hydroxylation sites is 1. The highest BCUT2D eigenvalue weighted by Gasteiger charge is 2.17. The van der Waals surface area contributed by atoms with Crippen molar-refractivity contribution in [1.29, 1.82) is 0 Å². The van der Waals surface area contributed by atoms with E-state index in [9.17, 15) is 4.79 Å². The normalized spacial score (nSPS) is 15.2. The second-order valence-electron chi connectivity index (χ2n) is 5.23. The second kappa shape index (κ2) is 7.90. The largest absolute Gasteiger partial charge is 0.483 e. The number of hydrogen-bond acceptors (Lipinski definition) is 3. The number of carbonyl (C=O) groups excluding carboxylic acids is 1. The van der Waals surface area contributed by atoms with Crippen LogP contribution in [0.3, 0.4) is 0 Å². The minimum Gasteiger partial charge on any atom is -0.483 e. The number of ether oxygens (including phenoxy) is 1. The molecule has 2 N–H and O–H groups in total. The minimum absolute atomic E-state index is 0.0184. The Balaban J connectivity index is 1.81. The van der Waals surface area contributed by atoms with Crippen LogP contribution in [-0.2, 0) is 11.3 Å². The topological polar surface area (TPSA) is 50.4 Å². The van der Waals surface area contributed by atoms with E-state index in [0.717, 1.165) is 37.2 Å². The molecular weight excluding hydrogens is 252 g/mol. The fourth-order valence-electron chi connectivity index (χ4n) is 2.53. The van der Waals surface area contributed by atoms with Crippen molar-refractivity contribution in [3.63, 3.8) is 0 Å². The van der Waals surface area contributed by atoms with Gasteiger partial charge in [0.15, 0.2) is 6.61 Å². The van der Waals surface area contributed by atoms with Crippen LogP contribution in [-0.4, -0.2) is 25.1 Å². The summed E-state index contributed by atoms with van der Waals surface area (Å²) in [5.74, 6) is 0.769. The van der Waals surface area contributed by atoms with Crippen LogP contribution < -0.4 is 15.4 Å². The highest BCUT2D eigenvalue weighted by molar-refractivity contribution is 5.77. The van der Waals surface area contributed by atoms with Crippen LogP contribution in [0, 0.1) is 0 Å². The van der Waals surface area contributed by atoms with Gasteiger partial charge in [0.25, 0.3) is 5.91 Å². The Hall–Kier alpha value is -1.55. The molecule has 0 saturated heterocycles. The van der Waals surface area contributed by atoms with Crippen molar-refractivity contribution < 1.29 is 9.53 Å². The molecule has 0 unspecified atom stereocenters. The molecule has 1 aliphatic rings. The molecule has 4 heteroatoms. The van der Waals surface area contributed by atoms with Crippen molar-refractivity contribution in [2.75, 3.05) is 13.2 Å². The molecule has 4 nitrogen and oxygen atoms in total. The zero-order chi connectivity index (χ0) is 14.2. The molecule has 1 aliphatic carbocycles. The number of rotatable bonds is 7. The molecule has 0 spiro atoms. The fraction of sp³-hybridized carbons (Fsp3) is 0.562. The predicted molar refractivity (Wildman–Crippen MR) is 79.7 cm³/mol. The SMILES string of the molecule is CCNCc1ccccc1OCC(=O)NC1CCCC1. The Morgan fingerprint density at radius 1 is 1.30 bits per heavy atom. The number of nitrogens with one attached hydrogen (secondary N) is 2. The molecule has 0 radical (unpaired) electrons. The monoisotopic (exact) mass is 276 g/mol. The van der Waals surface area contributed by atoms with Crippen LogP contribution in [0.15, 0.2) is 24.3 Å². The lowest BCUT2D eigenvalue weighted by Crippen LogP contribution is -2.36. The molecule has 1 aromatic carbocycles. The summed E-state index contributed by atoms with van der Waals surface area (Å²) in [6, 6.07) is 8.20. The Kier molecular flexibility index (Phi) is 5.87. The Morgan fingerprint density at radius 2 is 2.05 bits per heavy atom. The lowest BCUT2D eigenvalue weighted by molar-refractivity contribution is -0.123. The molecule has 0 aromatic heterocycles. The summed E-state index contributed by atoms with van der Waals surface area (Å²) in [5.41, 5.74) is 1.09. The molecule has 1 fully saturated rings. The molecule has 0 aliphatic heterocycles. The molecule has 20 heavy (non-hydrogen) atoms. The van der Waals surface area contributed by atoms with E-state index < -0.39 is 0 Å². The Morgan fingerprint density at radius 3 is 2.80 bits per heavy atom. The van der Waals surface area contributed by atoms with Crippen LogP contribution in [0.1, 0.15) is 38.2 Å². The zero-order valence-corrected chi connectivity index (χ0v) is 12.2. The van der Waals surface area contributed by atoms with E-state index in [4.69, 9.17) is 4.74 Å². The van der Waals surface area contributed by atoms with E-state index in [1.54, 1.807) is 0 Å². The van der Waals surface area contributed by atoms with Crippen molar-refractivity contribution in [2.45, 2.75) is 45.2 Å². The Labute approximate surface area is 120 Å². The molecule has 0 heterocycles. The quantitative estimate of drug-likeness (QED) is 0.803. The number of amides is 1. The van der Waals surface area contributed by atoms with Gasteiger partial charge in [-0.05, 0) is 25.5 Å². The standard InChI is InChI=1S/C16H24N2O2/c1-2-17-11-13-7-3-6-10-15(13)20-12-16(19)18-14-8-4-5-9-14/h3,6-7,10,14,17H,2,4-5,8-9,11-12H2,1H3,(H,18,19). The maximum atomic E-state index is 11.8. The Bertz CT molecular complexity index is 428. The summed E-state index contributed by atoms with van der Waals surface area (Å²) < 4.78 is 5.65. The third-order valence-corrected chi connectivity index (χ3v) is 3.62. The predicted octanol–water partition coefficient (Wildman–Crippen LogP) is 2.23. The smallest absolute Gasteiger partial charge is 0.258 e.